The second-order valence-electron chi connectivity index (χ2n) is 2.22. The molecule has 11 heavy (non-hydrogen) atoms. The van der Waals surface area contributed by atoms with Gasteiger partial charge >= 0.3 is 0 Å². The number of nitriles is 1. The van der Waals surface area contributed by atoms with E-state index in [2.05, 4.69) is 21.2 Å². The van der Waals surface area contributed by atoms with Crippen molar-refractivity contribution in [1.82, 2.24) is 0 Å². The van der Waals surface area contributed by atoms with E-state index in [1.807, 2.05) is 31.3 Å². The number of nitrogens with one attached hydrogen (secondary N) is 1. The second kappa shape index (κ2) is 3.40. The Morgan fingerprint density at radius 1 is 1.55 bits per heavy atom. The average molecular weight is 211 g/mol. The van der Waals surface area contributed by atoms with Gasteiger partial charge in [0, 0.05) is 4.47 Å². The molecule has 0 spiro atoms. The predicted molar refractivity (Wildman–Crippen MR) is 48.1 cm³/mol. The summed E-state index contributed by atoms with van der Waals surface area (Å²) in [6.07, 6.45) is 1.86. The lowest BCUT2D eigenvalue weighted by Gasteiger charge is -2.00. The van der Waals surface area contributed by atoms with Crippen LogP contribution in [-0.2, 0) is 0 Å². The van der Waals surface area contributed by atoms with Gasteiger partial charge in [-0.1, -0.05) is 6.07 Å². The summed E-state index contributed by atoms with van der Waals surface area (Å²) in [4.78, 5) is 0. The van der Waals surface area contributed by atoms with Crippen molar-refractivity contribution in [3.8, 4) is 6.19 Å². The Morgan fingerprint density at radius 3 is 2.82 bits per heavy atom. The first-order valence-corrected chi connectivity index (χ1v) is 3.94. The van der Waals surface area contributed by atoms with Crippen LogP contribution in [-0.4, -0.2) is 0 Å². The smallest absolute Gasteiger partial charge is 0.181 e. The van der Waals surface area contributed by atoms with Crippen molar-refractivity contribution in [2.75, 3.05) is 5.32 Å². The summed E-state index contributed by atoms with van der Waals surface area (Å²) in [6, 6.07) is 5.77. The second-order valence-corrected chi connectivity index (χ2v) is 3.07. The van der Waals surface area contributed by atoms with Crippen LogP contribution in [0.15, 0.2) is 22.7 Å². The van der Waals surface area contributed by atoms with E-state index in [4.69, 9.17) is 5.26 Å². The van der Waals surface area contributed by atoms with Crippen LogP contribution in [0.1, 0.15) is 5.56 Å². The number of aryl methyl sites for hydroxylation is 1. The van der Waals surface area contributed by atoms with E-state index in [0.717, 1.165) is 10.2 Å². The van der Waals surface area contributed by atoms with E-state index >= 15 is 0 Å². The number of benzene rings is 1. The van der Waals surface area contributed by atoms with Gasteiger partial charge in [0.2, 0.25) is 0 Å². The van der Waals surface area contributed by atoms with Gasteiger partial charge in [0.15, 0.2) is 6.19 Å². The van der Waals surface area contributed by atoms with Crippen LogP contribution in [0, 0.1) is 18.4 Å². The summed E-state index contributed by atoms with van der Waals surface area (Å²) >= 11 is 3.33. The Labute approximate surface area is 74.0 Å². The van der Waals surface area contributed by atoms with Crippen LogP contribution in [0.25, 0.3) is 0 Å². The maximum absolute atomic E-state index is 8.33. The molecule has 0 aliphatic rings. The maximum atomic E-state index is 8.33. The first-order chi connectivity index (χ1) is 5.24. The van der Waals surface area contributed by atoms with Crippen molar-refractivity contribution in [3.05, 3.63) is 28.2 Å². The minimum Gasteiger partial charge on any atom is -0.292 e. The Kier molecular flexibility index (Phi) is 2.50. The Morgan fingerprint density at radius 2 is 2.27 bits per heavy atom. The van der Waals surface area contributed by atoms with Gasteiger partial charge in [0.05, 0.1) is 5.69 Å². The number of hydrogen-bond acceptors (Lipinski definition) is 2. The SMILES string of the molecule is Cc1ccc(NC#N)c(Br)c1. The summed E-state index contributed by atoms with van der Waals surface area (Å²) in [6.45, 7) is 2.00. The van der Waals surface area contributed by atoms with Crippen molar-refractivity contribution in [1.29, 1.82) is 5.26 Å². The number of hydrogen-bond donors (Lipinski definition) is 1. The largest absolute Gasteiger partial charge is 0.292 e. The molecule has 0 bridgehead atoms. The molecule has 0 radical (unpaired) electrons. The Hall–Kier alpha value is -1.01. The number of nitrogens with zero attached hydrogens (tertiary/aromatic N) is 1. The zero-order chi connectivity index (χ0) is 8.27. The highest BCUT2D eigenvalue weighted by Crippen LogP contribution is 2.22. The molecular formula is C8H7BrN2. The number of halogens is 1. The van der Waals surface area contributed by atoms with Gasteiger partial charge in [0.1, 0.15) is 0 Å². The van der Waals surface area contributed by atoms with Crippen molar-refractivity contribution >= 4 is 21.6 Å². The molecule has 0 aliphatic carbocycles. The van der Waals surface area contributed by atoms with Crippen molar-refractivity contribution in [2.24, 2.45) is 0 Å². The number of anilines is 1. The number of rotatable bonds is 1. The first-order valence-electron chi connectivity index (χ1n) is 3.15. The highest BCUT2D eigenvalue weighted by Gasteiger charge is 1.96. The van der Waals surface area contributed by atoms with E-state index in [1.165, 1.54) is 5.56 Å². The summed E-state index contributed by atoms with van der Waals surface area (Å²) in [5.41, 5.74) is 1.97. The molecule has 0 aromatic heterocycles. The molecule has 0 saturated heterocycles. The molecule has 0 aliphatic heterocycles. The fraction of sp³-hybridized carbons (Fsp3) is 0.125. The van der Waals surface area contributed by atoms with Gasteiger partial charge in [-0.15, -0.1) is 0 Å². The molecule has 0 unspecified atom stereocenters. The van der Waals surface area contributed by atoms with Crippen molar-refractivity contribution < 1.29 is 0 Å². The molecule has 0 atom stereocenters. The third-order valence-corrected chi connectivity index (χ3v) is 1.97. The zero-order valence-electron chi connectivity index (χ0n) is 6.06. The molecule has 0 amide bonds. The molecular weight excluding hydrogens is 204 g/mol. The lowest BCUT2D eigenvalue weighted by molar-refractivity contribution is 1.42. The van der Waals surface area contributed by atoms with Gasteiger partial charge in [0.25, 0.3) is 0 Å². The topological polar surface area (TPSA) is 35.8 Å². The average Bonchev–Trinajstić information content (AvgIpc) is 1.95. The third-order valence-electron chi connectivity index (χ3n) is 1.32. The van der Waals surface area contributed by atoms with Crippen molar-refractivity contribution in [2.45, 2.75) is 6.92 Å². The highest BCUT2D eigenvalue weighted by atomic mass is 79.9. The molecule has 56 valence electrons. The third kappa shape index (κ3) is 1.95. The van der Waals surface area contributed by atoms with Gasteiger partial charge in [-0.2, -0.15) is 5.26 Å². The Balaban J connectivity index is 3.01. The lowest BCUT2D eigenvalue weighted by Crippen LogP contribution is -1.88. The van der Waals surface area contributed by atoms with Gasteiger partial charge in [-0.25, -0.2) is 0 Å². The fourth-order valence-electron chi connectivity index (χ4n) is 0.782. The predicted octanol–water partition coefficient (Wildman–Crippen LogP) is 2.65. The van der Waals surface area contributed by atoms with E-state index in [0.29, 0.717) is 0 Å². The van der Waals surface area contributed by atoms with Gasteiger partial charge in [-0.05, 0) is 40.5 Å². The molecule has 0 saturated carbocycles. The van der Waals surface area contributed by atoms with Gasteiger partial charge in [-0.3, -0.25) is 5.32 Å². The van der Waals surface area contributed by atoms with Crippen LogP contribution in [0.2, 0.25) is 0 Å². The van der Waals surface area contributed by atoms with E-state index in [-0.39, 0.29) is 0 Å². The summed E-state index contributed by atoms with van der Waals surface area (Å²) in [7, 11) is 0. The standard InChI is InChI=1S/C8H7BrN2/c1-6-2-3-8(11-5-10)7(9)4-6/h2-4,11H,1H3. The van der Waals surface area contributed by atoms with Crippen LogP contribution in [0.4, 0.5) is 5.69 Å². The fourth-order valence-corrected chi connectivity index (χ4v) is 1.37. The molecule has 2 nitrogen and oxygen atoms in total. The summed E-state index contributed by atoms with van der Waals surface area (Å²) < 4.78 is 0.916. The molecule has 1 N–H and O–H groups in total. The lowest BCUT2D eigenvalue weighted by atomic mass is 10.2. The van der Waals surface area contributed by atoms with Crippen molar-refractivity contribution in [3.63, 3.8) is 0 Å². The van der Waals surface area contributed by atoms with E-state index in [9.17, 15) is 0 Å². The minimum atomic E-state index is 0.804. The summed E-state index contributed by atoms with van der Waals surface area (Å²) in [5, 5.41) is 10.9. The maximum Gasteiger partial charge on any atom is 0.181 e. The molecule has 0 fully saturated rings. The molecule has 1 rings (SSSR count). The normalized spacial score (nSPS) is 8.82. The monoisotopic (exact) mass is 210 g/mol. The van der Waals surface area contributed by atoms with E-state index < -0.39 is 0 Å². The van der Waals surface area contributed by atoms with Crippen LogP contribution in [0.3, 0.4) is 0 Å². The minimum absolute atomic E-state index is 0.804. The van der Waals surface area contributed by atoms with Gasteiger partial charge < -0.3 is 0 Å². The van der Waals surface area contributed by atoms with Crippen LogP contribution < -0.4 is 5.32 Å². The summed E-state index contributed by atoms with van der Waals surface area (Å²) in [5.74, 6) is 0. The highest BCUT2D eigenvalue weighted by molar-refractivity contribution is 9.10. The first kappa shape index (κ1) is 8.09. The Bertz CT molecular complexity index is 301. The van der Waals surface area contributed by atoms with Crippen LogP contribution >= 0.6 is 15.9 Å². The molecule has 1 aromatic rings. The molecule has 3 heteroatoms. The zero-order valence-corrected chi connectivity index (χ0v) is 7.64. The van der Waals surface area contributed by atoms with E-state index in [1.54, 1.807) is 0 Å². The van der Waals surface area contributed by atoms with Crippen LogP contribution in [0.5, 0.6) is 0 Å². The molecule has 1 aromatic carbocycles. The molecule has 0 heterocycles. The quantitative estimate of drug-likeness (QED) is 0.572.